The predicted octanol–water partition coefficient (Wildman–Crippen LogP) is 2.61. The van der Waals surface area contributed by atoms with Gasteiger partial charge in [0.1, 0.15) is 13.1 Å². The van der Waals surface area contributed by atoms with Crippen molar-refractivity contribution in [2.75, 3.05) is 11.4 Å². The first kappa shape index (κ1) is 16.7. The van der Waals surface area contributed by atoms with Gasteiger partial charge < -0.3 is 0 Å². The molecule has 1 aromatic heterocycles. The van der Waals surface area contributed by atoms with E-state index in [4.69, 9.17) is 16.9 Å². The molecule has 1 heterocycles. The van der Waals surface area contributed by atoms with Gasteiger partial charge in [-0.25, -0.2) is 4.98 Å². The molecule has 0 aliphatic rings. The van der Waals surface area contributed by atoms with Gasteiger partial charge in [-0.05, 0) is 30.3 Å². The van der Waals surface area contributed by atoms with Crippen LogP contribution in [-0.2, 0) is 11.3 Å². The molecular weight excluding hydrogens is 340 g/mol. The molecule has 2 aromatic carbocycles. The highest BCUT2D eigenvalue weighted by atomic mass is 35.5. The van der Waals surface area contributed by atoms with E-state index in [2.05, 4.69) is 4.98 Å². The second kappa shape index (κ2) is 7.16. The SMILES string of the molecule is N#CCN(C(=O)Cn1cnc2ccc(Cl)cc2c1=O)c1ccccc1. The summed E-state index contributed by atoms with van der Waals surface area (Å²) in [6.45, 7) is -0.324. The van der Waals surface area contributed by atoms with Gasteiger partial charge in [0.25, 0.3) is 5.56 Å². The third-order valence-electron chi connectivity index (χ3n) is 3.69. The lowest BCUT2D eigenvalue weighted by molar-refractivity contribution is -0.119. The van der Waals surface area contributed by atoms with Crippen LogP contribution in [0, 0.1) is 11.3 Å². The number of amides is 1. The lowest BCUT2D eigenvalue weighted by atomic mass is 10.2. The number of rotatable bonds is 4. The Hall–Kier alpha value is -3.17. The summed E-state index contributed by atoms with van der Waals surface area (Å²) in [7, 11) is 0. The van der Waals surface area contributed by atoms with Crippen molar-refractivity contribution in [2.24, 2.45) is 0 Å². The standard InChI is InChI=1S/C18H13ClN4O2/c19-13-6-7-16-15(10-13)18(25)22(12-21-16)11-17(24)23(9-8-20)14-4-2-1-3-5-14/h1-7,10,12H,9,11H2. The summed E-state index contributed by atoms with van der Waals surface area (Å²) in [6, 6.07) is 15.6. The van der Waals surface area contributed by atoms with Crippen LogP contribution in [0.3, 0.4) is 0 Å². The quantitative estimate of drug-likeness (QED) is 0.676. The highest BCUT2D eigenvalue weighted by molar-refractivity contribution is 6.31. The van der Waals surface area contributed by atoms with Crippen molar-refractivity contribution in [3.8, 4) is 6.07 Å². The van der Waals surface area contributed by atoms with Crippen molar-refractivity contribution >= 4 is 34.1 Å². The second-order valence-electron chi connectivity index (χ2n) is 5.31. The summed E-state index contributed by atoms with van der Waals surface area (Å²) >= 11 is 5.93. The topological polar surface area (TPSA) is 79.0 Å². The molecule has 3 rings (SSSR count). The highest BCUT2D eigenvalue weighted by Gasteiger charge is 2.17. The van der Waals surface area contributed by atoms with Crippen LogP contribution in [0.25, 0.3) is 10.9 Å². The number of anilines is 1. The van der Waals surface area contributed by atoms with E-state index in [1.54, 1.807) is 36.4 Å². The van der Waals surface area contributed by atoms with Crippen LogP contribution in [0.2, 0.25) is 5.02 Å². The Kier molecular flexibility index (Phi) is 4.78. The zero-order valence-corrected chi connectivity index (χ0v) is 13.8. The number of halogens is 1. The normalized spacial score (nSPS) is 10.4. The summed E-state index contributed by atoms with van der Waals surface area (Å²) in [4.78, 5) is 30.7. The molecule has 0 spiro atoms. The Labute approximate surface area is 148 Å². The third-order valence-corrected chi connectivity index (χ3v) is 3.92. The van der Waals surface area contributed by atoms with Crippen LogP contribution in [-0.4, -0.2) is 22.0 Å². The first-order chi connectivity index (χ1) is 12.1. The zero-order chi connectivity index (χ0) is 17.8. The van der Waals surface area contributed by atoms with Gasteiger partial charge in [0.15, 0.2) is 0 Å². The molecule has 0 N–H and O–H groups in total. The van der Waals surface area contributed by atoms with Crippen LogP contribution in [0.15, 0.2) is 59.7 Å². The molecule has 0 radical (unpaired) electrons. The van der Waals surface area contributed by atoms with Gasteiger partial charge >= 0.3 is 0 Å². The molecule has 7 heteroatoms. The van der Waals surface area contributed by atoms with Gasteiger partial charge in [-0.3, -0.25) is 19.1 Å². The maximum Gasteiger partial charge on any atom is 0.261 e. The van der Waals surface area contributed by atoms with Gasteiger partial charge in [0.05, 0.1) is 23.3 Å². The average Bonchev–Trinajstić information content (AvgIpc) is 2.63. The highest BCUT2D eigenvalue weighted by Crippen LogP contribution is 2.15. The van der Waals surface area contributed by atoms with Crippen molar-refractivity contribution in [1.29, 1.82) is 5.26 Å². The number of nitriles is 1. The number of nitrogens with zero attached hydrogens (tertiary/aromatic N) is 4. The molecular formula is C18H13ClN4O2. The Balaban J connectivity index is 1.94. The Morgan fingerprint density at radius 3 is 2.72 bits per heavy atom. The van der Waals surface area contributed by atoms with E-state index in [-0.39, 0.29) is 24.6 Å². The summed E-state index contributed by atoms with van der Waals surface area (Å²) in [5, 5.41) is 9.76. The van der Waals surface area contributed by atoms with Crippen molar-refractivity contribution in [3.05, 3.63) is 70.2 Å². The van der Waals surface area contributed by atoms with Crippen LogP contribution < -0.4 is 10.5 Å². The van der Waals surface area contributed by atoms with E-state index in [9.17, 15) is 9.59 Å². The fraction of sp³-hybridized carbons (Fsp3) is 0.111. The summed E-state index contributed by atoms with van der Waals surface area (Å²) in [5.74, 6) is -0.377. The van der Waals surface area contributed by atoms with Crippen molar-refractivity contribution < 1.29 is 4.79 Å². The Bertz CT molecular complexity index is 1020. The minimum Gasteiger partial charge on any atom is -0.297 e. The second-order valence-corrected chi connectivity index (χ2v) is 5.75. The van der Waals surface area contributed by atoms with E-state index in [0.717, 1.165) is 0 Å². The molecule has 6 nitrogen and oxygen atoms in total. The van der Waals surface area contributed by atoms with Gasteiger partial charge in [-0.15, -0.1) is 0 Å². The van der Waals surface area contributed by atoms with E-state index in [1.807, 2.05) is 12.1 Å². The fourth-order valence-corrected chi connectivity index (χ4v) is 2.65. The van der Waals surface area contributed by atoms with Gasteiger partial charge in [-0.1, -0.05) is 29.8 Å². The molecule has 0 bridgehead atoms. The number of para-hydroxylation sites is 1. The molecule has 0 atom stereocenters. The number of fused-ring (bicyclic) bond motifs is 1. The number of carbonyl (C=O) groups is 1. The molecule has 0 aliphatic heterocycles. The van der Waals surface area contributed by atoms with Gasteiger partial charge in [-0.2, -0.15) is 5.26 Å². The maximum atomic E-state index is 12.6. The Morgan fingerprint density at radius 1 is 1.24 bits per heavy atom. The lowest BCUT2D eigenvalue weighted by Gasteiger charge is -2.20. The molecule has 0 aliphatic carbocycles. The maximum absolute atomic E-state index is 12.6. The molecule has 0 saturated heterocycles. The molecule has 0 unspecified atom stereocenters. The molecule has 124 valence electrons. The molecule has 1 amide bonds. The van der Waals surface area contributed by atoms with Gasteiger partial charge in [0.2, 0.25) is 5.91 Å². The first-order valence-electron chi connectivity index (χ1n) is 7.47. The fourth-order valence-electron chi connectivity index (χ4n) is 2.48. The van der Waals surface area contributed by atoms with Crippen molar-refractivity contribution in [3.63, 3.8) is 0 Å². The van der Waals surface area contributed by atoms with E-state index in [0.29, 0.717) is 21.6 Å². The number of hydrogen-bond donors (Lipinski definition) is 0. The number of carbonyl (C=O) groups excluding carboxylic acids is 1. The number of aromatic nitrogens is 2. The molecule has 0 saturated carbocycles. The monoisotopic (exact) mass is 352 g/mol. The summed E-state index contributed by atoms with van der Waals surface area (Å²) in [6.07, 6.45) is 1.33. The van der Waals surface area contributed by atoms with Crippen LogP contribution in [0.5, 0.6) is 0 Å². The van der Waals surface area contributed by atoms with Crippen LogP contribution in [0.4, 0.5) is 5.69 Å². The lowest BCUT2D eigenvalue weighted by Crippen LogP contribution is -2.37. The van der Waals surface area contributed by atoms with E-state index < -0.39 is 0 Å². The smallest absolute Gasteiger partial charge is 0.261 e. The van der Waals surface area contributed by atoms with E-state index in [1.165, 1.54) is 21.9 Å². The van der Waals surface area contributed by atoms with Crippen LogP contribution >= 0.6 is 11.6 Å². The van der Waals surface area contributed by atoms with Crippen molar-refractivity contribution in [1.82, 2.24) is 9.55 Å². The largest absolute Gasteiger partial charge is 0.297 e. The first-order valence-corrected chi connectivity index (χ1v) is 7.85. The third kappa shape index (κ3) is 3.52. The molecule has 25 heavy (non-hydrogen) atoms. The summed E-state index contributed by atoms with van der Waals surface area (Å²) < 4.78 is 1.22. The number of benzene rings is 2. The summed E-state index contributed by atoms with van der Waals surface area (Å²) in [5.41, 5.74) is 0.750. The minimum atomic E-state index is -0.377. The molecule has 3 aromatic rings. The van der Waals surface area contributed by atoms with Crippen LogP contribution in [0.1, 0.15) is 0 Å². The Morgan fingerprint density at radius 2 is 2.00 bits per heavy atom. The van der Waals surface area contributed by atoms with E-state index >= 15 is 0 Å². The van der Waals surface area contributed by atoms with Gasteiger partial charge in [0, 0.05) is 10.7 Å². The van der Waals surface area contributed by atoms with Crippen molar-refractivity contribution in [2.45, 2.75) is 6.54 Å². The number of hydrogen-bond acceptors (Lipinski definition) is 4. The minimum absolute atomic E-state index is 0.107. The molecule has 0 fully saturated rings. The average molecular weight is 353 g/mol. The zero-order valence-electron chi connectivity index (χ0n) is 13.1. The predicted molar refractivity (Wildman–Crippen MR) is 95.4 cm³/mol.